The molecule has 0 amide bonds. The molecule has 1 aliphatic heterocycles. The Balaban J connectivity index is 2.39. The second kappa shape index (κ2) is 7.05. The van der Waals surface area contributed by atoms with E-state index in [1.807, 2.05) is 0 Å². The van der Waals surface area contributed by atoms with E-state index in [0.717, 1.165) is 19.3 Å². The summed E-state index contributed by atoms with van der Waals surface area (Å²) < 4.78 is 27.1. The van der Waals surface area contributed by atoms with Crippen molar-refractivity contribution in [2.75, 3.05) is 13.1 Å². The molecule has 1 unspecified atom stereocenters. The van der Waals surface area contributed by atoms with Crippen LogP contribution in [0, 0.1) is 5.92 Å². The minimum absolute atomic E-state index is 0.0981. The van der Waals surface area contributed by atoms with Gasteiger partial charge in [-0.2, -0.15) is 4.31 Å². The molecule has 0 saturated carbocycles. The largest absolute Gasteiger partial charge is 0.244 e. The molecule has 1 aromatic rings. The van der Waals surface area contributed by atoms with E-state index in [0.29, 0.717) is 29.6 Å². The summed E-state index contributed by atoms with van der Waals surface area (Å²) in [6.45, 7) is 3.17. The van der Waals surface area contributed by atoms with Gasteiger partial charge in [0.15, 0.2) is 0 Å². The minimum atomic E-state index is -3.60. The Bertz CT molecular complexity index is 619. The number of sulfonamides is 1. The fourth-order valence-corrected chi connectivity index (χ4v) is 5.27. The molecular weight excluding hydrogens is 353 g/mol. The second-order valence-corrected chi connectivity index (χ2v) is 8.28. The van der Waals surface area contributed by atoms with Gasteiger partial charge in [-0.15, -0.1) is 11.6 Å². The monoisotopic (exact) mass is 369 g/mol. The highest BCUT2D eigenvalue weighted by molar-refractivity contribution is 7.89. The Morgan fingerprint density at radius 3 is 2.62 bits per heavy atom. The summed E-state index contributed by atoms with van der Waals surface area (Å²) in [6.07, 6.45) is 2.93. The van der Waals surface area contributed by atoms with Crippen molar-refractivity contribution in [2.45, 2.75) is 37.0 Å². The van der Waals surface area contributed by atoms with Crippen LogP contribution in [0.5, 0.6) is 0 Å². The summed E-state index contributed by atoms with van der Waals surface area (Å²) >= 11 is 17.9. The number of piperidine rings is 1. The maximum atomic E-state index is 12.8. The molecule has 1 aromatic carbocycles. The lowest BCUT2D eigenvalue weighted by atomic mass is 9.97. The summed E-state index contributed by atoms with van der Waals surface area (Å²) in [5.41, 5.74) is 0.574. The van der Waals surface area contributed by atoms with Gasteiger partial charge < -0.3 is 0 Å². The van der Waals surface area contributed by atoms with Gasteiger partial charge in [0, 0.05) is 24.0 Å². The third-order valence-corrected chi connectivity index (χ3v) is 6.89. The Morgan fingerprint density at radius 1 is 1.29 bits per heavy atom. The molecule has 0 bridgehead atoms. The first-order chi connectivity index (χ1) is 9.90. The molecule has 118 valence electrons. The molecule has 1 atom stereocenters. The lowest BCUT2D eigenvalue weighted by Gasteiger charge is -2.31. The molecule has 1 heterocycles. The van der Waals surface area contributed by atoms with Crippen molar-refractivity contribution in [1.82, 2.24) is 4.31 Å². The van der Waals surface area contributed by atoms with Crippen LogP contribution in [-0.2, 0) is 15.9 Å². The molecule has 0 aliphatic carbocycles. The lowest BCUT2D eigenvalue weighted by Crippen LogP contribution is -2.39. The first kappa shape index (κ1) is 17.4. The van der Waals surface area contributed by atoms with Crippen molar-refractivity contribution >= 4 is 44.8 Å². The van der Waals surface area contributed by atoms with Crippen LogP contribution in [0.4, 0.5) is 0 Å². The molecule has 2 rings (SSSR count). The molecule has 1 saturated heterocycles. The number of hydrogen-bond acceptors (Lipinski definition) is 2. The van der Waals surface area contributed by atoms with Crippen molar-refractivity contribution in [2.24, 2.45) is 5.92 Å². The van der Waals surface area contributed by atoms with E-state index in [1.165, 1.54) is 16.4 Å². The van der Waals surface area contributed by atoms with E-state index < -0.39 is 10.0 Å². The SMILES string of the molecule is CCC1CCCN(S(=O)(=O)c2cc(CCl)c(Cl)cc2Cl)C1. The van der Waals surface area contributed by atoms with Crippen molar-refractivity contribution < 1.29 is 8.42 Å². The third-order valence-electron chi connectivity index (χ3n) is 3.92. The lowest BCUT2D eigenvalue weighted by molar-refractivity contribution is 0.261. The molecule has 1 fully saturated rings. The smallest absolute Gasteiger partial charge is 0.207 e. The molecule has 21 heavy (non-hydrogen) atoms. The Hall–Kier alpha value is -0.000000000000000111. The highest BCUT2D eigenvalue weighted by Crippen LogP contribution is 2.33. The highest BCUT2D eigenvalue weighted by Gasteiger charge is 2.31. The van der Waals surface area contributed by atoms with Crippen LogP contribution >= 0.6 is 34.8 Å². The summed E-state index contributed by atoms with van der Waals surface area (Å²) in [7, 11) is -3.60. The normalized spacial score (nSPS) is 20.7. The molecule has 0 spiro atoms. The van der Waals surface area contributed by atoms with Crippen LogP contribution in [0.2, 0.25) is 10.0 Å². The van der Waals surface area contributed by atoms with Crippen molar-refractivity contribution in [1.29, 1.82) is 0 Å². The Kier molecular flexibility index (Phi) is 5.83. The number of hydrogen-bond donors (Lipinski definition) is 0. The van der Waals surface area contributed by atoms with Crippen LogP contribution in [0.25, 0.3) is 0 Å². The van der Waals surface area contributed by atoms with Gasteiger partial charge in [-0.25, -0.2) is 8.42 Å². The molecule has 0 aromatic heterocycles. The van der Waals surface area contributed by atoms with Crippen LogP contribution in [0.3, 0.4) is 0 Å². The van der Waals surface area contributed by atoms with E-state index in [-0.39, 0.29) is 15.8 Å². The number of rotatable bonds is 4. The zero-order chi connectivity index (χ0) is 15.6. The van der Waals surface area contributed by atoms with Gasteiger partial charge >= 0.3 is 0 Å². The minimum Gasteiger partial charge on any atom is -0.207 e. The topological polar surface area (TPSA) is 37.4 Å². The quantitative estimate of drug-likeness (QED) is 0.729. The van der Waals surface area contributed by atoms with E-state index in [1.54, 1.807) is 0 Å². The number of halogens is 3. The summed E-state index contributed by atoms with van der Waals surface area (Å²) in [4.78, 5) is 0.0981. The molecular formula is C14H18Cl3NO2S. The third kappa shape index (κ3) is 3.67. The van der Waals surface area contributed by atoms with E-state index in [9.17, 15) is 8.42 Å². The van der Waals surface area contributed by atoms with Gasteiger partial charge in [-0.3, -0.25) is 0 Å². The molecule has 7 heteroatoms. The zero-order valence-electron chi connectivity index (χ0n) is 11.8. The first-order valence-corrected chi connectivity index (χ1v) is 9.67. The first-order valence-electron chi connectivity index (χ1n) is 6.94. The maximum Gasteiger partial charge on any atom is 0.244 e. The standard InChI is InChI=1S/C14H18Cl3NO2S/c1-2-10-4-3-5-18(9-10)21(19,20)14-6-11(8-15)12(16)7-13(14)17/h6-7,10H,2-5,8-9H2,1H3. The van der Waals surface area contributed by atoms with Crippen molar-refractivity contribution in [3.8, 4) is 0 Å². The molecule has 3 nitrogen and oxygen atoms in total. The highest BCUT2D eigenvalue weighted by atomic mass is 35.5. The van der Waals surface area contributed by atoms with Crippen LogP contribution in [-0.4, -0.2) is 25.8 Å². The Morgan fingerprint density at radius 2 is 2.00 bits per heavy atom. The van der Waals surface area contributed by atoms with Gasteiger partial charge in [0.1, 0.15) is 4.90 Å². The van der Waals surface area contributed by atoms with Gasteiger partial charge in [0.25, 0.3) is 0 Å². The van der Waals surface area contributed by atoms with E-state index in [2.05, 4.69) is 6.92 Å². The zero-order valence-corrected chi connectivity index (χ0v) is 14.9. The summed E-state index contributed by atoms with van der Waals surface area (Å²) in [6, 6.07) is 2.94. The molecule has 0 N–H and O–H groups in total. The van der Waals surface area contributed by atoms with E-state index >= 15 is 0 Å². The van der Waals surface area contributed by atoms with Crippen LogP contribution in [0.1, 0.15) is 31.7 Å². The van der Waals surface area contributed by atoms with Gasteiger partial charge in [0.05, 0.1) is 5.02 Å². The summed E-state index contributed by atoms with van der Waals surface area (Å²) in [5.74, 6) is 0.558. The van der Waals surface area contributed by atoms with Crippen LogP contribution < -0.4 is 0 Å². The average molecular weight is 371 g/mol. The summed E-state index contributed by atoms with van der Waals surface area (Å²) in [5, 5.41) is 0.534. The van der Waals surface area contributed by atoms with E-state index in [4.69, 9.17) is 34.8 Å². The average Bonchev–Trinajstić information content (AvgIpc) is 2.47. The van der Waals surface area contributed by atoms with Gasteiger partial charge in [-0.1, -0.05) is 36.5 Å². The van der Waals surface area contributed by atoms with Crippen molar-refractivity contribution in [3.63, 3.8) is 0 Å². The fourth-order valence-electron chi connectivity index (χ4n) is 2.59. The van der Waals surface area contributed by atoms with Gasteiger partial charge in [-0.05, 0) is 36.5 Å². The molecule has 1 aliphatic rings. The fraction of sp³-hybridized carbons (Fsp3) is 0.571. The van der Waals surface area contributed by atoms with Gasteiger partial charge in [0.2, 0.25) is 10.0 Å². The number of nitrogens with zero attached hydrogens (tertiary/aromatic N) is 1. The predicted molar refractivity (Wildman–Crippen MR) is 87.8 cm³/mol. The molecule has 0 radical (unpaired) electrons. The number of benzene rings is 1. The van der Waals surface area contributed by atoms with Crippen LogP contribution in [0.15, 0.2) is 17.0 Å². The maximum absolute atomic E-state index is 12.8. The Labute approximate surface area is 141 Å². The predicted octanol–water partition coefficient (Wildman–Crippen LogP) is 4.54. The number of alkyl halides is 1. The van der Waals surface area contributed by atoms with Crippen molar-refractivity contribution in [3.05, 3.63) is 27.7 Å². The second-order valence-electron chi connectivity index (χ2n) is 5.29.